The summed E-state index contributed by atoms with van der Waals surface area (Å²) in [4.78, 5) is 26.7. The first-order valence-corrected chi connectivity index (χ1v) is 9.49. The van der Waals surface area contributed by atoms with Gasteiger partial charge in [-0.1, -0.05) is 36.8 Å². The zero-order valence-corrected chi connectivity index (χ0v) is 16.0. The van der Waals surface area contributed by atoms with E-state index in [4.69, 9.17) is 5.73 Å². The standard InChI is InChI=1S/C20H29N3O2.ClH/c21-17-8-4-7-16(13-17)20(25)22-18-11-12-23(14-18)19(24)10-9-15-5-2-1-3-6-15;/h1-3,5-6,16-18H,4,7-14,21H2,(H,22,25);1H. The first-order chi connectivity index (χ1) is 12.1. The van der Waals surface area contributed by atoms with Crippen molar-refractivity contribution in [2.24, 2.45) is 11.7 Å². The average molecular weight is 380 g/mol. The predicted octanol–water partition coefficient (Wildman–Crippen LogP) is 2.28. The van der Waals surface area contributed by atoms with Gasteiger partial charge in [-0.3, -0.25) is 9.59 Å². The summed E-state index contributed by atoms with van der Waals surface area (Å²) in [7, 11) is 0. The van der Waals surface area contributed by atoms with Crippen molar-refractivity contribution in [3.63, 3.8) is 0 Å². The highest BCUT2D eigenvalue weighted by molar-refractivity contribution is 5.85. The molecule has 1 aliphatic heterocycles. The lowest BCUT2D eigenvalue weighted by Gasteiger charge is -2.27. The van der Waals surface area contributed by atoms with Gasteiger partial charge in [0.2, 0.25) is 11.8 Å². The Morgan fingerprint density at radius 3 is 2.65 bits per heavy atom. The van der Waals surface area contributed by atoms with E-state index >= 15 is 0 Å². The molecule has 0 aromatic heterocycles. The van der Waals surface area contributed by atoms with Gasteiger partial charge < -0.3 is 16.0 Å². The molecule has 1 saturated heterocycles. The average Bonchev–Trinajstić information content (AvgIpc) is 3.09. The Morgan fingerprint density at radius 2 is 1.92 bits per heavy atom. The molecule has 0 spiro atoms. The largest absolute Gasteiger partial charge is 0.351 e. The SMILES string of the molecule is Cl.NC1CCCC(C(=O)NC2CCN(C(=O)CCc3ccccc3)C2)C1. The summed E-state index contributed by atoms with van der Waals surface area (Å²) in [6.07, 6.45) is 5.94. The van der Waals surface area contributed by atoms with Crippen LogP contribution in [-0.2, 0) is 16.0 Å². The summed E-state index contributed by atoms with van der Waals surface area (Å²) in [5.41, 5.74) is 7.17. The maximum atomic E-state index is 12.4. The summed E-state index contributed by atoms with van der Waals surface area (Å²) in [6, 6.07) is 10.3. The number of nitrogens with two attached hydrogens (primary N) is 1. The van der Waals surface area contributed by atoms with E-state index in [1.165, 1.54) is 5.56 Å². The minimum atomic E-state index is 0. The third-order valence-electron chi connectivity index (χ3n) is 5.44. The molecule has 3 N–H and O–H groups in total. The lowest BCUT2D eigenvalue weighted by atomic mass is 9.85. The predicted molar refractivity (Wildman–Crippen MR) is 105 cm³/mol. The second-order valence-corrected chi connectivity index (χ2v) is 7.44. The number of carbonyl (C=O) groups is 2. The molecule has 2 fully saturated rings. The van der Waals surface area contributed by atoms with Gasteiger partial charge in [0.1, 0.15) is 0 Å². The molecule has 2 amide bonds. The third kappa shape index (κ3) is 5.71. The maximum Gasteiger partial charge on any atom is 0.223 e. The van der Waals surface area contributed by atoms with Gasteiger partial charge >= 0.3 is 0 Å². The second-order valence-electron chi connectivity index (χ2n) is 7.44. The van der Waals surface area contributed by atoms with Crippen LogP contribution in [0.5, 0.6) is 0 Å². The Morgan fingerprint density at radius 1 is 1.15 bits per heavy atom. The number of likely N-dealkylation sites (tertiary alicyclic amines) is 1. The second kappa shape index (κ2) is 9.93. The van der Waals surface area contributed by atoms with Crippen LogP contribution >= 0.6 is 12.4 Å². The van der Waals surface area contributed by atoms with E-state index in [1.807, 2.05) is 23.1 Å². The van der Waals surface area contributed by atoms with E-state index in [0.29, 0.717) is 13.0 Å². The molecule has 2 aliphatic rings. The van der Waals surface area contributed by atoms with Crippen molar-refractivity contribution >= 4 is 24.2 Å². The number of rotatable bonds is 5. The minimum absolute atomic E-state index is 0. The van der Waals surface area contributed by atoms with Crippen LogP contribution in [0.3, 0.4) is 0 Å². The Hall–Kier alpha value is -1.59. The lowest BCUT2D eigenvalue weighted by Crippen LogP contribution is -2.43. The highest BCUT2D eigenvalue weighted by atomic mass is 35.5. The van der Waals surface area contributed by atoms with Crippen LogP contribution in [0.2, 0.25) is 0 Å². The summed E-state index contributed by atoms with van der Waals surface area (Å²) in [5.74, 6) is 0.352. The molecule has 1 saturated carbocycles. The van der Waals surface area contributed by atoms with Gasteiger partial charge in [0, 0.05) is 37.5 Å². The molecule has 0 bridgehead atoms. The van der Waals surface area contributed by atoms with Crippen LogP contribution in [0.25, 0.3) is 0 Å². The molecule has 6 heteroatoms. The van der Waals surface area contributed by atoms with Crippen molar-refractivity contribution in [1.29, 1.82) is 0 Å². The molecule has 1 aromatic carbocycles. The van der Waals surface area contributed by atoms with Crippen LogP contribution in [0.4, 0.5) is 0 Å². The highest BCUT2D eigenvalue weighted by Crippen LogP contribution is 2.24. The van der Waals surface area contributed by atoms with Gasteiger partial charge in [-0.25, -0.2) is 0 Å². The van der Waals surface area contributed by atoms with E-state index in [9.17, 15) is 9.59 Å². The van der Waals surface area contributed by atoms with Gasteiger partial charge in [0.15, 0.2) is 0 Å². The van der Waals surface area contributed by atoms with E-state index in [2.05, 4.69) is 17.4 Å². The number of benzene rings is 1. The van der Waals surface area contributed by atoms with Crippen LogP contribution < -0.4 is 11.1 Å². The number of nitrogens with zero attached hydrogens (tertiary/aromatic N) is 1. The Bertz CT molecular complexity index is 596. The van der Waals surface area contributed by atoms with E-state index in [1.54, 1.807) is 0 Å². The number of nitrogens with one attached hydrogen (secondary N) is 1. The molecule has 0 radical (unpaired) electrons. The van der Waals surface area contributed by atoms with Gasteiger partial charge in [0.25, 0.3) is 0 Å². The molecule has 26 heavy (non-hydrogen) atoms. The van der Waals surface area contributed by atoms with Gasteiger partial charge in [-0.15, -0.1) is 12.4 Å². The monoisotopic (exact) mass is 379 g/mol. The quantitative estimate of drug-likeness (QED) is 0.824. The Balaban J connectivity index is 0.00000243. The zero-order chi connectivity index (χ0) is 17.6. The van der Waals surface area contributed by atoms with E-state index < -0.39 is 0 Å². The third-order valence-corrected chi connectivity index (χ3v) is 5.44. The van der Waals surface area contributed by atoms with Gasteiger partial charge in [-0.05, 0) is 37.7 Å². The molecular weight excluding hydrogens is 350 g/mol. The number of hydrogen-bond donors (Lipinski definition) is 2. The fourth-order valence-electron chi connectivity index (χ4n) is 3.94. The topological polar surface area (TPSA) is 75.4 Å². The molecule has 3 unspecified atom stereocenters. The number of hydrogen-bond acceptors (Lipinski definition) is 3. The fraction of sp³-hybridized carbons (Fsp3) is 0.600. The van der Waals surface area contributed by atoms with Crippen LogP contribution in [0, 0.1) is 5.92 Å². The van der Waals surface area contributed by atoms with Gasteiger partial charge in [-0.2, -0.15) is 0 Å². The molecule has 1 aliphatic carbocycles. The van der Waals surface area contributed by atoms with Gasteiger partial charge in [0.05, 0.1) is 0 Å². The summed E-state index contributed by atoms with van der Waals surface area (Å²) in [5, 5.41) is 3.14. The number of carbonyl (C=O) groups excluding carboxylic acids is 2. The highest BCUT2D eigenvalue weighted by Gasteiger charge is 2.30. The summed E-state index contributed by atoms with van der Waals surface area (Å²) < 4.78 is 0. The van der Waals surface area contributed by atoms with Crippen molar-refractivity contribution in [3.8, 4) is 0 Å². The van der Waals surface area contributed by atoms with Crippen molar-refractivity contribution in [2.45, 2.75) is 57.0 Å². The summed E-state index contributed by atoms with van der Waals surface area (Å²) >= 11 is 0. The molecular formula is C20H30ClN3O2. The number of aryl methyl sites for hydroxylation is 1. The molecule has 1 aromatic rings. The smallest absolute Gasteiger partial charge is 0.223 e. The Kier molecular flexibility index (Phi) is 7.91. The molecule has 3 rings (SSSR count). The molecule has 3 atom stereocenters. The fourth-order valence-corrected chi connectivity index (χ4v) is 3.94. The normalized spacial score (nSPS) is 25.4. The maximum absolute atomic E-state index is 12.4. The first kappa shape index (κ1) is 20.7. The molecule has 5 nitrogen and oxygen atoms in total. The lowest BCUT2D eigenvalue weighted by molar-refractivity contribution is -0.131. The molecule has 144 valence electrons. The minimum Gasteiger partial charge on any atom is -0.351 e. The Labute approximate surface area is 162 Å². The van der Waals surface area contributed by atoms with Crippen LogP contribution in [0.15, 0.2) is 30.3 Å². The van der Waals surface area contributed by atoms with Crippen molar-refractivity contribution < 1.29 is 9.59 Å². The van der Waals surface area contributed by atoms with E-state index in [-0.39, 0.29) is 42.2 Å². The van der Waals surface area contributed by atoms with Crippen molar-refractivity contribution in [2.75, 3.05) is 13.1 Å². The number of halogens is 1. The van der Waals surface area contributed by atoms with Crippen molar-refractivity contribution in [1.82, 2.24) is 10.2 Å². The van der Waals surface area contributed by atoms with Crippen LogP contribution in [-0.4, -0.2) is 41.9 Å². The molecule has 1 heterocycles. The number of amides is 2. The zero-order valence-electron chi connectivity index (χ0n) is 15.2. The first-order valence-electron chi connectivity index (χ1n) is 9.49. The van der Waals surface area contributed by atoms with Crippen LogP contribution in [0.1, 0.15) is 44.1 Å². The van der Waals surface area contributed by atoms with E-state index in [0.717, 1.165) is 45.1 Å². The van der Waals surface area contributed by atoms with Crippen molar-refractivity contribution in [3.05, 3.63) is 35.9 Å². The summed E-state index contributed by atoms with van der Waals surface area (Å²) in [6.45, 7) is 1.38.